The van der Waals surface area contributed by atoms with Gasteiger partial charge in [-0.15, -0.1) is 0 Å². The largest absolute Gasteiger partial charge is 0.414 e. The van der Waals surface area contributed by atoms with Gasteiger partial charge in [0, 0.05) is 12.5 Å². The van der Waals surface area contributed by atoms with Gasteiger partial charge in [-0.2, -0.15) is 0 Å². The Balaban J connectivity index is 4.29. The van der Waals surface area contributed by atoms with Gasteiger partial charge >= 0.3 is 0 Å². The van der Waals surface area contributed by atoms with Gasteiger partial charge in [-0.1, -0.05) is 20.8 Å². The number of carbonyl (C=O) groups excluding carboxylic acids is 1. The lowest BCUT2D eigenvalue weighted by atomic mass is 10.2. The van der Waals surface area contributed by atoms with Crippen molar-refractivity contribution in [3.8, 4) is 0 Å². The molecule has 0 amide bonds. The van der Waals surface area contributed by atoms with Gasteiger partial charge in [0.2, 0.25) is 0 Å². The van der Waals surface area contributed by atoms with Crippen molar-refractivity contribution in [2.45, 2.75) is 65.3 Å². The topological polar surface area (TPSA) is 26.3 Å². The highest BCUT2D eigenvalue weighted by Crippen LogP contribution is 2.37. The maximum atomic E-state index is 10.9. The second-order valence-electron chi connectivity index (χ2n) is 5.59. The van der Waals surface area contributed by atoms with E-state index in [4.69, 9.17) is 4.43 Å². The molecule has 0 radical (unpaired) electrons. The zero-order chi connectivity index (χ0) is 11.6. The first-order valence-corrected chi connectivity index (χ1v) is 8.14. The summed E-state index contributed by atoms with van der Waals surface area (Å²) in [5, 5.41) is 0.220. The van der Waals surface area contributed by atoms with Gasteiger partial charge in [-0.25, -0.2) is 0 Å². The summed E-state index contributed by atoms with van der Waals surface area (Å²) < 4.78 is 6.03. The van der Waals surface area contributed by atoms with Crippen LogP contribution in [-0.2, 0) is 9.22 Å². The van der Waals surface area contributed by atoms with Crippen LogP contribution >= 0.6 is 0 Å². The Hall–Kier alpha value is -0.153. The van der Waals surface area contributed by atoms with Gasteiger partial charge in [0.25, 0.3) is 0 Å². The number of Topliss-reactive ketones (excluding diaryl/α,β-unsaturated/α-hetero) is 1. The molecule has 3 heteroatoms. The van der Waals surface area contributed by atoms with Gasteiger partial charge in [-0.3, -0.25) is 4.79 Å². The normalized spacial score (nSPS) is 15.4. The Kier molecular flexibility index (Phi) is 4.53. The lowest BCUT2D eigenvalue weighted by Gasteiger charge is -2.38. The van der Waals surface area contributed by atoms with Crippen LogP contribution in [-0.4, -0.2) is 20.2 Å². The SMILES string of the molecule is CC(=O)CC(C)O[Si](C)(C)C(C)(C)C. The Morgan fingerprint density at radius 2 is 1.79 bits per heavy atom. The fourth-order valence-corrected chi connectivity index (χ4v) is 2.57. The van der Waals surface area contributed by atoms with E-state index in [2.05, 4.69) is 33.9 Å². The number of hydrogen-bond donors (Lipinski definition) is 0. The van der Waals surface area contributed by atoms with Crippen LogP contribution in [0.1, 0.15) is 41.0 Å². The highest BCUT2D eigenvalue weighted by atomic mass is 28.4. The summed E-state index contributed by atoms with van der Waals surface area (Å²) in [5.74, 6) is 0.205. The number of carbonyl (C=O) groups is 1. The van der Waals surface area contributed by atoms with E-state index in [1.54, 1.807) is 6.92 Å². The van der Waals surface area contributed by atoms with Gasteiger partial charge in [0.15, 0.2) is 8.32 Å². The first-order chi connectivity index (χ1) is 6.06. The first kappa shape index (κ1) is 13.8. The highest BCUT2D eigenvalue weighted by Gasteiger charge is 2.38. The maximum absolute atomic E-state index is 10.9. The molecule has 0 spiro atoms. The Morgan fingerprint density at radius 1 is 1.36 bits per heavy atom. The van der Waals surface area contributed by atoms with Crippen molar-refractivity contribution in [1.29, 1.82) is 0 Å². The van der Waals surface area contributed by atoms with Crippen molar-refractivity contribution in [2.75, 3.05) is 0 Å². The molecular weight excluding hydrogens is 192 g/mol. The van der Waals surface area contributed by atoms with Crippen LogP contribution < -0.4 is 0 Å². The highest BCUT2D eigenvalue weighted by molar-refractivity contribution is 6.74. The van der Waals surface area contributed by atoms with E-state index in [0.29, 0.717) is 6.42 Å². The molecule has 0 aliphatic carbocycles. The van der Waals surface area contributed by atoms with Crippen LogP contribution in [0.2, 0.25) is 18.1 Å². The smallest absolute Gasteiger partial charge is 0.192 e. The van der Waals surface area contributed by atoms with Crippen LogP contribution in [0.25, 0.3) is 0 Å². The Labute approximate surface area is 89.2 Å². The third-order valence-electron chi connectivity index (χ3n) is 2.88. The lowest BCUT2D eigenvalue weighted by molar-refractivity contribution is -0.118. The van der Waals surface area contributed by atoms with Gasteiger partial charge < -0.3 is 4.43 Å². The monoisotopic (exact) mass is 216 g/mol. The Morgan fingerprint density at radius 3 is 2.07 bits per heavy atom. The zero-order valence-electron chi connectivity index (χ0n) is 10.6. The van der Waals surface area contributed by atoms with Crippen molar-refractivity contribution in [2.24, 2.45) is 0 Å². The molecular formula is C11H24O2Si. The quantitative estimate of drug-likeness (QED) is 0.673. The van der Waals surface area contributed by atoms with E-state index < -0.39 is 8.32 Å². The molecule has 0 aromatic carbocycles. The molecule has 84 valence electrons. The van der Waals surface area contributed by atoms with Crippen molar-refractivity contribution in [1.82, 2.24) is 0 Å². The minimum Gasteiger partial charge on any atom is -0.414 e. The average Bonchev–Trinajstić information content (AvgIpc) is 1.79. The van der Waals surface area contributed by atoms with Crippen LogP contribution in [0, 0.1) is 0 Å². The second kappa shape index (κ2) is 4.58. The van der Waals surface area contributed by atoms with E-state index in [0.717, 1.165) is 0 Å². The summed E-state index contributed by atoms with van der Waals surface area (Å²) >= 11 is 0. The van der Waals surface area contributed by atoms with Gasteiger partial charge in [0.05, 0.1) is 0 Å². The standard InChI is InChI=1S/C11H24O2Si/c1-9(12)8-10(2)13-14(6,7)11(3,4)5/h10H,8H2,1-7H3. The summed E-state index contributed by atoms with van der Waals surface area (Å²) in [7, 11) is -1.69. The molecule has 0 aliphatic heterocycles. The molecule has 0 heterocycles. The molecule has 0 saturated heterocycles. The minimum atomic E-state index is -1.69. The summed E-state index contributed by atoms with van der Waals surface area (Å²) in [5.41, 5.74) is 0. The predicted molar refractivity (Wildman–Crippen MR) is 63.0 cm³/mol. The molecule has 0 fully saturated rings. The van der Waals surface area contributed by atoms with E-state index in [-0.39, 0.29) is 16.9 Å². The molecule has 0 rings (SSSR count). The van der Waals surface area contributed by atoms with Crippen molar-refractivity contribution in [3.63, 3.8) is 0 Å². The predicted octanol–water partition coefficient (Wildman–Crippen LogP) is 3.38. The van der Waals surface area contributed by atoms with Gasteiger partial charge in [-0.05, 0) is 32.0 Å². The first-order valence-electron chi connectivity index (χ1n) is 5.23. The number of rotatable bonds is 4. The fraction of sp³-hybridized carbons (Fsp3) is 0.909. The lowest BCUT2D eigenvalue weighted by Crippen LogP contribution is -2.43. The van der Waals surface area contributed by atoms with E-state index >= 15 is 0 Å². The van der Waals surface area contributed by atoms with Crippen molar-refractivity contribution < 1.29 is 9.22 Å². The van der Waals surface area contributed by atoms with Crippen molar-refractivity contribution in [3.05, 3.63) is 0 Å². The second-order valence-corrected chi connectivity index (χ2v) is 10.4. The van der Waals surface area contributed by atoms with E-state index in [1.165, 1.54) is 0 Å². The van der Waals surface area contributed by atoms with Crippen LogP contribution in [0.5, 0.6) is 0 Å². The fourth-order valence-electron chi connectivity index (χ4n) is 1.13. The average molecular weight is 216 g/mol. The molecule has 0 N–H and O–H groups in total. The Bertz CT molecular complexity index is 204. The summed E-state index contributed by atoms with van der Waals surface area (Å²) in [6.45, 7) is 14.7. The molecule has 0 saturated carbocycles. The van der Waals surface area contributed by atoms with Crippen LogP contribution in [0.3, 0.4) is 0 Å². The molecule has 0 bridgehead atoms. The molecule has 0 aliphatic rings. The van der Waals surface area contributed by atoms with Gasteiger partial charge in [0.1, 0.15) is 5.78 Å². The molecule has 0 aromatic heterocycles. The van der Waals surface area contributed by atoms with E-state index in [9.17, 15) is 4.79 Å². The number of hydrogen-bond acceptors (Lipinski definition) is 2. The van der Waals surface area contributed by atoms with Crippen molar-refractivity contribution >= 4 is 14.1 Å². The van der Waals surface area contributed by atoms with E-state index in [1.807, 2.05) is 6.92 Å². The summed E-state index contributed by atoms with van der Waals surface area (Å²) in [6.07, 6.45) is 0.598. The molecule has 1 unspecified atom stereocenters. The molecule has 1 atom stereocenters. The zero-order valence-corrected chi connectivity index (χ0v) is 11.6. The van der Waals surface area contributed by atoms with Crippen LogP contribution in [0.15, 0.2) is 0 Å². The third-order valence-corrected chi connectivity index (χ3v) is 7.48. The van der Waals surface area contributed by atoms with Crippen LogP contribution in [0.4, 0.5) is 0 Å². The molecule has 2 nitrogen and oxygen atoms in total. The maximum Gasteiger partial charge on any atom is 0.192 e. The number of ketones is 1. The summed E-state index contributed by atoms with van der Waals surface area (Å²) in [4.78, 5) is 10.9. The summed E-state index contributed by atoms with van der Waals surface area (Å²) in [6, 6.07) is 0. The third kappa shape index (κ3) is 4.38. The molecule has 14 heavy (non-hydrogen) atoms. The minimum absolute atomic E-state index is 0.0633. The molecule has 0 aromatic rings.